The predicted octanol–water partition coefficient (Wildman–Crippen LogP) is 3.50. The summed E-state index contributed by atoms with van der Waals surface area (Å²) >= 11 is 9.60. The smallest absolute Gasteiger partial charge is 0.133 e. The zero-order valence-electron chi connectivity index (χ0n) is 9.17. The van der Waals surface area contributed by atoms with Crippen molar-refractivity contribution in [1.29, 1.82) is 0 Å². The molecule has 1 aromatic carbocycles. The molecule has 2 nitrogen and oxygen atoms in total. The van der Waals surface area contributed by atoms with E-state index >= 15 is 0 Å². The van der Waals surface area contributed by atoms with Crippen molar-refractivity contribution in [3.05, 3.63) is 40.0 Å². The molecule has 0 aromatic heterocycles. The lowest BCUT2D eigenvalue weighted by atomic mass is 9.98. The van der Waals surface area contributed by atoms with Crippen LogP contribution in [0.3, 0.4) is 0 Å². The van der Waals surface area contributed by atoms with Gasteiger partial charge < -0.3 is 4.90 Å². The fourth-order valence-corrected chi connectivity index (χ4v) is 2.31. The van der Waals surface area contributed by atoms with Crippen LogP contribution in [0.2, 0.25) is 0 Å². The standard InChI is InChI=1S/C12H12BrClN2/c1-16(2)7-11-10-4-3-9(13)5-8(10)6-15-12(11)14/h3-5,7H,6H2,1-2H3/b11-7+. The molecule has 0 fully saturated rings. The van der Waals surface area contributed by atoms with Gasteiger partial charge in [-0.1, -0.05) is 33.6 Å². The van der Waals surface area contributed by atoms with Gasteiger partial charge in [0, 0.05) is 30.3 Å². The Kier molecular flexibility index (Phi) is 3.36. The first-order valence-corrected chi connectivity index (χ1v) is 6.12. The minimum absolute atomic E-state index is 0.587. The molecule has 0 aliphatic carbocycles. The number of halogens is 2. The Morgan fingerprint density at radius 3 is 2.88 bits per heavy atom. The van der Waals surface area contributed by atoms with Crippen LogP contribution in [0.1, 0.15) is 11.1 Å². The number of benzene rings is 1. The van der Waals surface area contributed by atoms with Crippen LogP contribution in [0.4, 0.5) is 0 Å². The molecule has 0 unspecified atom stereocenters. The lowest BCUT2D eigenvalue weighted by Gasteiger charge is -2.18. The first-order valence-electron chi connectivity index (χ1n) is 4.95. The van der Waals surface area contributed by atoms with Crippen LogP contribution >= 0.6 is 27.5 Å². The summed E-state index contributed by atoms with van der Waals surface area (Å²) < 4.78 is 1.07. The molecular formula is C12H12BrClN2. The Balaban J connectivity index is 2.53. The van der Waals surface area contributed by atoms with Crippen LogP contribution in [0.5, 0.6) is 0 Å². The summed E-state index contributed by atoms with van der Waals surface area (Å²) in [6.07, 6.45) is 2.00. The lowest BCUT2D eigenvalue weighted by Crippen LogP contribution is -2.10. The van der Waals surface area contributed by atoms with Gasteiger partial charge >= 0.3 is 0 Å². The molecule has 0 saturated heterocycles. The highest BCUT2D eigenvalue weighted by Gasteiger charge is 2.17. The second-order valence-electron chi connectivity index (χ2n) is 3.91. The SMILES string of the molecule is CN(C)/C=C1/C(Cl)=NCc2cc(Br)ccc21. The van der Waals surface area contributed by atoms with Crippen LogP contribution in [0.25, 0.3) is 5.57 Å². The number of hydrogen-bond donors (Lipinski definition) is 0. The van der Waals surface area contributed by atoms with Crippen molar-refractivity contribution in [2.45, 2.75) is 6.54 Å². The third kappa shape index (κ3) is 2.30. The molecule has 0 saturated carbocycles. The van der Waals surface area contributed by atoms with E-state index in [1.54, 1.807) is 0 Å². The summed E-state index contributed by atoms with van der Waals surface area (Å²) in [4.78, 5) is 6.29. The van der Waals surface area contributed by atoms with Crippen molar-refractivity contribution in [1.82, 2.24) is 4.90 Å². The van der Waals surface area contributed by atoms with Crippen molar-refractivity contribution >= 4 is 38.3 Å². The van der Waals surface area contributed by atoms with E-state index in [1.807, 2.05) is 31.3 Å². The van der Waals surface area contributed by atoms with Crippen LogP contribution < -0.4 is 0 Å². The summed E-state index contributed by atoms with van der Waals surface area (Å²) in [5.74, 6) is 0. The van der Waals surface area contributed by atoms with Gasteiger partial charge in [0.1, 0.15) is 5.17 Å². The van der Waals surface area contributed by atoms with Gasteiger partial charge in [0.2, 0.25) is 0 Å². The highest BCUT2D eigenvalue weighted by atomic mass is 79.9. The maximum absolute atomic E-state index is 6.14. The first-order chi connectivity index (χ1) is 7.58. The normalized spacial score (nSPS) is 17.0. The average molecular weight is 300 g/mol. The minimum atomic E-state index is 0.587. The number of allylic oxidation sites excluding steroid dienone is 1. The molecule has 84 valence electrons. The van der Waals surface area contributed by atoms with E-state index in [0.29, 0.717) is 11.7 Å². The van der Waals surface area contributed by atoms with Crippen LogP contribution in [-0.2, 0) is 6.54 Å². The van der Waals surface area contributed by atoms with Crippen molar-refractivity contribution in [2.24, 2.45) is 4.99 Å². The third-order valence-electron chi connectivity index (χ3n) is 2.36. The number of nitrogens with zero attached hydrogens (tertiary/aromatic N) is 2. The molecule has 1 aromatic rings. The molecular weight excluding hydrogens is 288 g/mol. The first kappa shape index (κ1) is 11.7. The molecule has 0 N–H and O–H groups in total. The molecule has 1 aliphatic rings. The Morgan fingerprint density at radius 1 is 1.44 bits per heavy atom. The Bertz CT molecular complexity index is 478. The highest BCUT2D eigenvalue weighted by Crippen LogP contribution is 2.30. The van der Waals surface area contributed by atoms with E-state index in [9.17, 15) is 0 Å². The molecule has 1 aliphatic heterocycles. The van der Waals surface area contributed by atoms with Gasteiger partial charge in [-0.3, -0.25) is 4.99 Å². The van der Waals surface area contributed by atoms with Gasteiger partial charge in [0.25, 0.3) is 0 Å². The van der Waals surface area contributed by atoms with Crippen LogP contribution in [0.15, 0.2) is 33.9 Å². The average Bonchev–Trinajstić information content (AvgIpc) is 2.22. The van der Waals surface area contributed by atoms with E-state index < -0.39 is 0 Å². The maximum Gasteiger partial charge on any atom is 0.133 e. The van der Waals surface area contributed by atoms with E-state index in [-0.39, 0.29) is 0 Å². The zero-order valence-corrected chi connectivity index (χ0v) is 11.5. The molecule has 16 heavy (non-hydrogen) atoms. The zero-order chi connectivity index (χ0) is 11.7. The highest BCUT2D eigenvalue weighted by molar-refractivity contribution is 9.10. The molecule has 0 bridgehead atoms. The predicted molar refractivity (Wildman–Crippen MR) is 72.8 cm³/mol. The number of aliphatic imine (C=N–C) groups is 1. The van der Waals surface area contributed by atoms with Gasteiger partial charge in [0.15, 0.2) is 0 Å². The second-order valence-corrected chi connectivity index (χ2v) is 5.19. The third-order valence-corrected chi connectivity index (χ3v) is 3.17. The second kappa shape index (κ2) is 4.60. The molecule has 4 heteroatoms. The number of fused-ring (bicyclic) bond motifs is 1. The summed E-state index contributed by atoms with van der Waals surface area (Å²) in [7, 11) is 3.95. The minimum Gasteiger partial charge on any atom is -0.383 e. The van der Waals surface area contributed by atoms with E-state index in [1.165, 1.54) is 5.56 Å². The monoisotopic (exact) mass is 298 g/mol. The van der Waals surface area contributed by atoms with Gasteiger partial charge in [0.05, 0.1) is 6.54 Å². The molecule has 0 radical (unpaired) electrons. The summed E-state index contributed by atoms with van der Waals surface area (Å²) in [5.41, 5.74) is 3.35. The maximum atomic E-state index is 6.14. The fraction of sp³-hybridized carbons (Fsp3) is 0.250. The molecule has 0 amide bonds. The van der Waals surface area contributed by atoms with Gasteiger partial charge in [-0.25, -0.2) is 0 Å². The lowest BCUT2D eigenvalue weighted by molar-refractivity contribution is 0.566. The van der Waals surface area contributed by atoms with Crippen molar-refractivity contribution in [2.75, 3.05) is 14.1 Å². The number of hydrogen-bond acceptors (Lipinski definition) is 2. The van der Waals surface area contributed by atoms with Crippen molar-refractivity contribution in [3.63, 3.8) is 0 Å². The Labute approximate surface area is 109 Å². The molecule has 0 spiro atoms. The van der Waals surface area contributed by atoms with E-state index in [0.717, 1.165) is 15.6 Å². The van der Waals surface area contributed by atoms with E-state index in [4.69, 9.17) is 11.6 Å². The quantitative estimate of drug-likeness (QED) is 0.775. The summed E-state index contributed by atoms with van der Waals surface area (Å²) in [6, 6.07) is 6.19. The van der Waals surface area contributed by atoms with Crippen molar-refractivity contribution < 1.29 is 0 Å². The van der Waals surface area contributed by atoms with Crippen LogP contribution in [-0.4, -0.2) is 24.2 Å². The summed E-state index contributed by atoms with van der Waals surface area (Å²) in [5, 5.41) is 0.587. The Morgan fingerprint density at radius 2 is 2.19 bits per heavy atom. The van der Waals surface area contributed by atoms with E-state index in [2.05, 4.69) is 33.1 Å². The molecule has 1 heterocycles. The summed E-state index contributed by atoms with van der Waals surface area (Å²) in [6.45, 7) is 0.651. The molecule has 0 atom stereocenters. The van der Waals surface area contributed by atoms with Gasteiger partial charge in [-0.2, -0.15) is 0 Å². The fourth-order valence-electron chi connectivity index (χ4n) is 1.69. The van der Waals surface area contributed by atoms with Crippen molar-refractivity contribution in [3.8, 4) is 0 Å². The molecule has 2 rings (SSSR count). The van der Waals surface area contributed by atoms with Crippen LogP contribution in [0, 0.1) is 0 Å². The Hall–Kier alpha value is -0.800. The number of rotatable bonds is 1. The largest absolute Gasteiger partial charge is 0.383 e. The topological polar surface area (TPSA) is 15.6 Å². The van der Waals surface area contributed by atoms with Gasteiger partial charge in [-0.05, 0) is 23.3 Å². The van der Waals surface area contributed by atoms with Gasteiger partial charge in [-0.15, -0.1) is 0 Å².